The number of hydrogen-bond donors (Lipinski definition) is 0. The molecule has 0 aromatic carbocycles. The van der Waals surface area contributed by atoms with Crippen LogP contribution in [0.25, 0.3) is 0 Å². The second kappa shape index (κ2) is 3.21. The van der Waals surface area contributed by atoms with Gasteiger partial charge in [-0.25, -0.2) is 0 Å². The Hall–Kier alpha value is 0.280. The summed E-state index contributed by atoms with van der Waals surface area (Å²) in [5.74, 6) is -0.0424. The molecule has 2 atom stereocenters. The summed E-state index contributed by atoms with van der Waals surface area (Å²) < 4.78 is 0.202. The Kier molecular flexibility index (Phi) is 2.77. The van der Waals surface area contributed by atoms with E-state index in [1.807, 2.05) is 13.8 Å². The third-order valence-corrected chi connectivity index (χ3v) is 2.95. The fourth-order valence-corrected chi connectivity index (χ4v) is 2.25. The summed E-state index contributed by atoms with van der Waals surface area (Å²) in [6.45, 7) is 3.94. The molecule has 0 N–H and O–H groups in total. The highest BCUT2D eigenvalue weighted by Crippen LogP contribution is 2.60. The highest BCUT2D eigenvalue weighted by atomic mass is 35.5. The first-order chi connectivity index (χ1) is 5.37. The maximum atomic E-state index is 10.9. The van der Waals surface area contributed by atoms with Crippen LogP contribution in [0.2, 0.25) is 0 Å². The Morgan fingerprint density at radius 1 is 1.33 bits per heavy atom. The lowest BCUT2D eigenvalue weighted by Gasteiger charge is -1.96. The van der Waals surface area contributed by atoms with E-state index in [4.69, 9.17) is 34.8 Å². The van der Waals surface area contributed by atoms with Crippen molar-refractivity contribution in [2.75, 3.05) is 0 Å². The molecule has 0 spiro atoms. The maximum absolute atomic E-state index is 10.9. The van der Waals surface area contributed by atoms with Gasteiger partial charge in [0.25, 0.3) is 0 Å². The summed E-state index contributed by atoms with van der Waals surface area (Å²) in [7, 11) is 0. The molecule has 0 radical (unpaired) electrons. The number of rotatable bonds is 2. The molecule has 12 heavy (non-hydrogen) atoms. The third-order valence-electron chi connectivity index (χ3n) is 2.46. The predicted molar refractivity (Wildman–Crippen MR) is 51.4 cm³/mol. The molecule has 0 bridgehead atoms. The third kappa shape index (κ3) is 1.78. The summed E-state index contributed by atoms with van der Waals surface area (Å²) in [6.07, 6.45) is 1.67. The van der Waals surface area contributed by atoms with Gasteiger partial charge in [-0.15, -0.1) is 0 Å². The quantitative estimate of drug-likeness (QED) is 0.661. The largest absolute Gasteiger partial charge is 0.281 e. The van der Waals surface area contributed by atoms with Crippen LogP contribution >= 0.6 is 34.8 Å². The van der Waals surface area contributed by atoms with Crippen LogP contribution in [0.4, 0.5) is 0 Å². The van der Waals surface area contributed by atoms with Gasteiger partial charge in [0.15, 0.2) is 0 Å². The van der Waals surface area contributed by atoms with Crippen LogP contribution in [0.3, 0.4) is 0 Å². The molecule has 1 aliphatic carbocycles. The molecule has 0 aliphatic heterocycles. The van der Waals surface area contributed by atoms with Gasteiger partial charge in [-0.3, -0.25) is 4.79 Å². The highest BCUT2D eigenvalue weighted by molar-refractivity contribution is 6.64. The Labute approximate surface area is 86.7 Å². The van der Waals surface area contributed by atoms with E-state index in [0.29, 0.717) is 0 Å². The minimum absolute atomic E-state index is 0.0894. The fraction of sp³-hybridized carbons (Fsp3) is 0.625. The van der Waals surface area contributed by atoms with Gasteiger partial charge >= 0.3 is 0 Å². The Balaban J connectivity index is 2.73. The van der Waals surface area contributed by atoms with E-state index in [2.05, 4.69) is 0 Å². The molecule has 0 heterocycles. The molecule has 1 rings (SSSR count). The minimum atomic E-state index is -0.309. The van der Waals surface area contributed by atoms with E-state index in [9.17, 15) is 4.79 Å². The van der Waals surface area contributed by atoms with E-state index in [1.165, 1.54) is 0 Å². The van der Waals surface area contributed by atoms with Crippen LogP contribution in [0.5, 0.6) is 0 Å². The SMILES string of the molecule is CC1(C)C(C(=O)Cl)[C@@H]1C=C(Cl)Cl. The molecular weight excluding hydrogens is 218 g/mol. The number of carbonyl (C=O) groups excluding carboxylic acids is 1. The molecule has 1 aliphatic rings. The molecule has 68 valence electrons. The molecule has 1 fully saturated rings. The molecule has 1 unspecified atom stereocenters. The lowest BCUT2D eigenvalue weighted by molar-refractivity contribution is -0.113. The highest BCUT2D eigenvalue weighted by Gasteiger charge is 2.60. The zero-order valence-corrected chi connectivity index (χ0v) is 9.04. The van der Waals surface area contributed by atoms with Crippen molar-refractivity contribution in [1.82, 2.24) is 0 Å². The van der Waals surface area contributed by atoms with Crippen molar-refractivity contribution >= 4 is 40.0 Å². The number of halogens is 3. The predicted octanol–water partition coefficient (Wildman–Crippen LogP) is 3.34. The molecule has 0 saturated heterocycles. The Morgan fingerprint density at radius 2 is 1.83 bits per heavy atom. The Morgan fingerprint density at radius 3 is 2.08 bits per heavy atom. The average Bonchev–Trinajstić information content (AvgIpc) is 2.32. The molecule has 1 nitrogen and oxygen atoms in total. The molecular formula is C8H9Cl3O. The van der Waals surface area contributed by atoms with Crippen molar-refractivity contribution in [1.29, 1.82) is 0 Å². The first-order valence-corrected chi connectivity index (χ1v) is 4.73. The molecule has 0 aromatic heterocycles. The van der Waals surface area contributed by atoms with Crippen LogP contribution in [0, 0.1) is 17.3 Å². The van der Waals surface area contributed by atoms with Gasteiger partial charge in [-0.1, -0.05) is 37.0 Å². The van der Waals surface area contributed by atoms with Gasteiger partial charge in [-0.05, 0) is 29.0 Å². The van der Waals surface area contributed by atoms with Gasteiger partial charge in [0.2, 0.25) is 5.24 Å². The van der Waals surface area contributed by atoms with Crippen molar-refractivity contribution in [3.8, 4) is 0 Å². The summed E-state index contributed by atoms with van der Waals surface area (Å²) in [5.41, 5.74) is -0.0894. The van der Waals surface area contributed by atoms with E-state index in [-0.39, 0.29) is 27.0 Å². The number of allylic oxidation sites excluding steroid dienone is 1. The van der Waals surface area contributed by atoms with E-state index in [1.54, 1.807) is 6.08 Å². The molecule has 0 amide bonds. The smallest absolute Gasteiger partial charge is 0.225 e. The summed E-state index contributed by atoms with van der Waals surface area (Å²) >= 11 is 16.3. The zero-order chi connectivity index (χ0) is 9.52. The lowest BCUT2D eigenvalue weighted by Crippen LogP contribution is -1.96. The van der Waals surface area contributed by atoms with E-state index >= 15 is 0 Å². The van der Waals surface area contributed by atoms with Gasteiger partial charge in [-0.2, -0.15) is 0 Å². The van der Waals surface area contributed by atoms with Crippen LogP contribution in [-0.4, -0.2) is 5.24 Å². The fourth-order valence-electron chi connectivity index (χ4n) is 1.56. The zero-order valence-electron chi connectivity index (χ0n) is 6.77. The van der Waals surface area contributed by atoms with Crippen molar-refractivity contribution in [2.45, 2.75) is 13.8 Å². The van der Waals surface area contributed by atoms with Crippen LogP contribution in [-0.2, 0) is 4.79 Å². The van der Waals surface area contributed by atoms with Gasteiger partial charge in [0.05, 0.1) is 0 Å². The monoisotopic (exact) mass is 226 g/mol. The van der Waals surface area contributed by atoms with Gasteiger partial charge < -0.3 is 0 Å². The van der Waals surface area contributed by atoms with Gasteiger partial charge in [0.1, 0.15) is 4.49 Å². The summed E-state index contributed by atoms with van der Waals surface area (Å²) in [4.78, 5) is 10.9. The molecule has 4 heteroatoms. The molecule has 0 aromatic rings. The average molecular weight is 228 g/mol. The first kappa shape index (κ1) is 10.4. The van der Waals surface area contributed by atoms with E-state index < -0.39 is 0 Å². The maximum Gasteiger partial charge on any atom is 0.225 e. The standard InChI is InChI=1S/C8H9Cl3O/c1-8(2)4(3-5(9)10)6(8)7(11)12/h3-4,6H,1-2H3/t4-,6?/m0/s1. The topological polar surface area (TPSA) is 17.1 Å². The Bertz CT molecular complexity index is 241. The minimum Gasteiger partial charge on any atom is -0.281 e. The normalized spacial score (nSPS) is 31.1. The van der Waals surface area contributed by atoms with Crippen molar-refractivity contribution in [2.24, 2.45) is 17.3 Å². The lowest BCUT2D eigenvalue weighted by atomic mass is 10.1. The van der Waals surface area contributed by atoms with Crippen molar-refractivity contribution in [3.05, 3.63) is 10.6 Å². The van der Waals surface area contributed by atoms with Gasteiger partial charge in [0, 0.05) is 5.92 Å². The molecule has 1 saturated carbocycles. The summed E-state index contributed by atoms with van der Waals surface area (Å²) in [6, 6.07) is 0. The van der Waals surface area contributed by atoms with E-state index in [0.717, 1.165) is 0 Å². The van der Waals surface area contributed by atoms with Crippen LogP contribution in [0.1, 0.15) is 13.8 Å². The first-order valence-electron chi connectivity index (χ1n) is 3.59. The number of carbonyl (C=O) groups is 1. The van der Waals surface area contributed by atoms with Crippen LogP contribution < -0.4 is 0 Å². The van der Waals surface area contributed by atoms with Crippen molar-refractivity contribution in [3.63, 3.8) is 0 Å². The number of hydrogen-bond acceptors (Lipinski definition) is 1. The second-order valence-corrected chi connectivity index (χ2v) is 4.97. The van der Waals surface area contributed by atoms with Crippen LogP contribution in [0.15, 0.2) is 10.6 Å². The summed E-state index contributed by atoms with van der Waals surface area (Å²) in [5, 5.41) is -0.309. The second-order valence-electron chi connectivity index (χ2n) is 3.59. The van der Waals surface area contributed by atoms with Crippen molar-refractivity contribution < 1.29 is 4.79 Å².